The fourth-order valence-electron chi connectivity index (χ4n) is 1.11. The first kappa shape index (κ1) is 11.5. The summed E-state index contributed by atoms with van der Waals surface area (Å²) in [7, 11) is 1.62. The molecule has 0 rings (SSSR count). The normalized spacial score (nSPS) is 9.58. The van der Waals surface area contributed by atoms with Crippen LogP contribution in [-0.4, -0.2) is 12.8 Å². The number of unbranched alkanes of at least 4 members (excludes halogenated alkanes) is 2. The Morgan fingerprint density at radius 3 is 1.92 bits per heavy atom. The maximum absolute atomic E-state index is 4.79. The summed E-state index contributed by atoms with van der Waals surface area (Å²) in [5.74, 6) is 0. The molecule has 0 aromatic carbocycles. The zero-order valence-electron chi connectivity index (χ0n) is 8.60. The maximum atomic E-state index is 4.79. The molecule has 0 aliphatic heterocycles. The van der Waals surface area contributed by atoms with Gasteiger partial charge in [0.1, 0.15) is 7.11 Å². The molecule has 2 heteroatoms. The lowest BCUT2D eigenvalue weighted by molar-refractivity contribution is 0.211. The summed E-state index contributed by atoms with van der Waals surface area (Å²) < 4.78 is 0. The Balaban J connectivity index is 3.62. The molecule has 0 aromatic rings. The van der Waals surface area contributed by atoms with E-state index in [0.717, 1.165) is 12.8 Å². The van der Waals surface area contributed by atoms with Crippen molar-refractivity contribution in [3.05, 3.63) is 0 Å². The van der Waals surface area contributed by atoms with Gasteiger partial charge in [0.05, 0.1) is 5.71 Å². The van der Waals surface area contributed by atoms with E-state index in [1.54, 1.807) is 7.11 Å². The third-order valence-electron chi connectivity index (χ3n) is 1.86. The Morgan fingerprint density at radius 1 is 1.08 bits per heavy atom. The van der Waals surface area contributed by atoms with Crippen LogP contribution in [0.2, 0.25) is 0 Å². The minimum Gasteiger partial charge on any atom is -0.399 e. The molecule has 0 aliphatic rings. The summed E-state index contributed by atoms with van der Waals surface area (Å²) in [4.78, 5) is 4.79. The smallest absolute Gasteiger partial charge is 0.106 e. The third kappa shape index (κ3) is 6.20. The third-order valence-corrected chi connectivity index (χ3v) is 1.86. The summed E-state index contributed by atoms with van der Waals surface area (Å²) in [5, 5.41) is 4.02. The number of hydrogen-bond acceptors (Lipinski definition) is 2. The van der Waals surface area contributed by atoms with Crippen LogP contribution in [0.25, 0.3) is 0 Å². The fraction of sp³-hybridized carbons (Fsp3) is 0.900. The van der Waals surface area contributed by atoms with E-state index >= 15 is 0 Å². The van der Waals surface area contributed by atoms with E-state index in [1.165, 1.54) is 31.4 Å². The highest BCUT2D eigenvalue weighted by Crippen LogP contribution is 2.05. The molecule has 0 aliphatic carbocycles. The predicted molar refractivity (Wildman–Crippen MR) is 53.5 cm³/mol. The Kier molecular flexibility index (Phi) is 8.19. The van der Waals surface area contributed by atoms with Gasteiger partial charge in [-0.15, -0.1) is 0 Å². The van der Waals surface area contributed by atoms with Gasteiger partial charge in [-0.1, -0.05) is 31.8 Å². The molecule has 0 heterocycles. The monoisotopic (exact) mass is 171 g/mol. The highest BCUT2D eigenvalue weighted by atomic mass is 16.6. The molecule has 0 unspecified atom stereocenters. The first-order valence-corrected chi connectivity index (χ1v) is 4.94. The van der Waals surface area contributed by atoms with Crippen molar-refractivity contribution in [3.8, 4) is 0 Å². The van der Waals surface area contributed by atoms with Crippen LogP contribution in [0, 0.1) is 0 Å². The molecule has 0 amide bonds. The van der Waals surface area contributed by atoms with Crippen molar-refractivity contribution in [3.63, 3.8) is 0 Å². The lowest BCUT2D eigenvalue weighted by Gasteiger charge is -2.02. The van der Waals surface area contributed by atoms with E-state index in [2.05, 4.69) is 19.0 Å². The van der Waals surface area contributed by atoms with Crippen LogP contribution in [-0.2, 0) is 4.84 Å². The van der Waals surface area contributed by atoms with Crippen molar-refractivity contribution in [2.45, 2.75) is 52.4 Å². The van der Waals surface area contributed by atoms with Gasteiger partial charge in [0, 0.05) is 0 Å². The van der Waals surface area contributed by atoms with E-state index in [-0.39, 0.29) is 0 Å². The van der Waals surface area contributed by atoms with Crippen molar-refractivity contribution in [2.24, 2.45) is 5.16 Å². The minimum atomic E-state index is 1.10. The Morgan fingerprint density at radius 2 is 1.58 bits per heavy atom. The Labute approximate surface area is 76.0 Å². The quantitative estimate of drug-likeness (QED) is 0.425. The second-order valence-electron chi connectivity index (χ2n) is 3.05. The molecule has 0 saturated carbocycles. The van der Waals surface area contributed by atoms with E-state index < -0.39 is 0 Å². The van der Waals surface area contributed by atoms with E-state index in [4.69, 9.17) is 4.84 Å². The SMILES string of the molecule is CCCCC(CCCC)=NOC. The van der Waals surface area contributed by atoms with Gasteiger partial charge < -0.3 is 4.84 Å². The lowest BCUT2D eigenvalue weighted by Crippen LogP contribution is -1.98. The van der Waals surface area contributed by atoms with Gasteiger partial charge in [0.2, 0.25) is 0 Å². The molecule has 0 N–H and O–H groups in total. The highest BCUT2D eigenvalue weighted by Gasteiger charge is 1.98. The van der Waals surface area contributed by atoms with Crippen LogP contribution >= 0.6 is 0 Å². The van der Waals surface area contributed by atoms with Gasteiger partial charge >= 0.3 is 0 Å². The second kappa shape index (κ2) is 8.57. The lowest BCUT2D eigenvalue weighted by atomic mass is 10.1. The van der Waals surface area contributed by atoms with Crippen LogP contribution in [0.5, 0.6) is 0 Å². The van der Waals surface area contributed by atoms with Gasteiger partial charge in [-0.05, 0) is 25.7 Å². The van der Waals surface area contributed by atoms with Gasteiger partial charge in [-0.25, -0.2) is 0 Å². The minimum absolute atomic E-state index is 1.10. The average Bonchev–Trinajstić information content (AvgIpc) is 2.10. The summed E-state index contributed by atoms with van der Waals surface area (Å²) >= 11 is 0. The van der Waals surface area contributed by atoms with Gasteiger partial charge in [0.25, 0.3) is 0 Å². The van der Waals surface area contributed by atoms with Crippen molar-refractivity contribution >= 4 is 5.71 Å². The fourth-order valence-corrected chi connectivity index (χ4v) is 1.11. The molecule has 0 bridgehead atoms. The molecule has 0 spiro atoms. The van der Waals surface area contributed by atoms with Gasteiger partial charge in [0.15, 0.2) is 0 Å². The van der Waals surface area contributed by atoms with Crippen LogP contribution in [0.3, 0.4) is 0 Å². The molecular formula is C10H21NO. The topological polar surface area (TPSA) is 21.6 Å². The Bertz CT molecular complexity index is 111. The molecule has 12 heavy (non-hydrogen) atoms. The van der Waals surface area contributed by atoms with E-state index in [1.807, 2.05) is 0 Å². The zero-order chi connectivity index (χ0) is 9.23. The van der Waals surface area contributed by atoms with Crippen molar-refractivity contribution in [1.82, 2.24) is 0 Å². The summed E-state index contributed by atoms with van der Waals surface area (Å²) in [5.41, 5.74) is 1.22. The first-order valence-electron chi connectivity index (χ1n) is 4.94. The molecule has 0 aromatic heterocycles. The van der Waals surface area contributed by atoms with Crippen LogP contribution in [0.1, 0.15) is 52.4 Å². The van der Waals surface area contributed by atoms with Crippen LogP contribution in [0.4, 0.5) is 0 Å². The van der Waals surface area contributed by atoms with Crippen molar-refractivity contribution < 1.29 is 4.84 Å². The van der Waals surface area contributed by atoms with Crippen LogP contribution in [0.15, 0.2) is 5.16 Å². The highest BCUT2D eigenvalue weighted by molar-refractivity contribution is 5.83. The number of hydrogen-bond donors (Lipinski definition) is 0. The van der Waals surface area contributed by atoms with Crippen molar-refractivity contribution in [2.75, 3.05) is 7.11 Å². The molecule has 0 radical (unpaired) electrons. The number of rotatable bonds is 7. The average molecular weight is 171 g/mol. The molecule has 2 nitrogen and oxygen atoms in total. The van der Waals surface area contributed by atoms with Crippen LogP contribution < -0.4 is 0 Å². The molecule has 72 valence electrons. The summed E-state index contributed by atoms with van der Waals surface area (Å²) in [6.07, 6.45) is 7.12. The molecule has 0 fully saturated rings. The van der Waals surface area contributed by atoms with Crippen molar-refractivity contribution in [1.29, 1.82) is 0 Å². The molecule has 0 saturated heterocycles. The standard InChI is InChI=1S/C10H21NO/c1-4-6-8-10(11-12-3)9-7-5-2/h4-9H2,1-3H3. The van der Waals surface area contributed by atoms with E-state index in [0.29, 0.717) is 0 Å². The zero-order valence-corrected chi connectivity index (χ0v) is 8.60. The maximum Gasteiger partial charge on any atom is 0.106 e. The number of nitrogens with zero attached hydrogens (tertiary/aromatic N) is 1. The molecular weight excluding hydrogens is 150 g/mol. The Hall–Kier alpha value is -0.530. The van der Waals surface area contributed by atoms with E-state index in [9.17, 15) is 0 Å². The van der Waals surface area contributed by atoms with Gasteiger partial charge in [-0.3, -0.25) is 0 Å². The largest absolute Gasteiger partial charge is 0.399 e. The summed E-state index contributed by atoms with van der Waals surface area (Å²) in [6.45, 7) is 4.40. The molecule has 0 atom stereocenters. The number of oxime groups is 1. The predicted octanol–water partition coefficient (Wildman–Crippen LogP) is 3.37. The first-order chi connectivity index (χ1) is 5.85. The summed E-state index contributed by atoms with van der Waals surface area (Å²) in [6, 6.07) is 0. The second-order valence-corrected chi connectivity index (χ2v) is 3.05. The van der Waals surface area contributed by atoms with Gasteiger partial charge in [-0.2, -0.15) is 0 Å².